The van der Waals surface area contributed by atoms with Gasteiger partial charge in [-0.3, -0.25) is 4.79 Å². The van der Waals surface area contributed by atoms with Crippen molar-refractivity contribution in [2.75, 3.05) is 24.2 Å². The summed E-state index contributed by atoms with van der Waals surface area (Å²) in [6, 6.07) is 4.50. The van der Waals surface area contributed by atoms with Crippen LogP contribution in [0, 0.1) is 5.92 Å². The first-order chi connectivity index (χ1) is 10.1. The van der Waals surface area contributed by atoms with Gasteiger partial charge in [-0.1, -0.05) is 19.4 Å². The molecule has 1 N–H and O–H groups in total. The summed E-state index contributed by atoms with van der Waals surface area (Å²) in [7, 11) is 0. The predicted molar refractivity (Wildman–Crippen MR) is 89.7 cm³/mol. The van der Waals surface area contributed by atoms with Crippen LogP contribution in [0.15, 0.2) is 18.3 Å². The average molecular weight is 307 g/mol. The van der Waals surface area contributed by atoms with Crippen molar-refractivity contribution in [3.05, 3.63) is 23.9 Å². The van der Waals surface area contributed by atoms with Crippen LogP contribution in [0.2, 0.25) is 0 Å². The molecule has 5 heteroatoms. The van der Waals surface area contributed by atoms with E-state index in [0.29, 0.717) is 5.92 Å². The molecule has 0 aliphatic carbocycles. The van der Waals surface area contributed by atoms with E-state index in [1.807, 2.05) is 6.20 Å². The Labute approximate surface area is 131 Å². The summed E-state index contributed by atoms with van der Waals surface area (Å²) in [5, 5.41) is 3.10. The molecule has 1 aliphatic heterocycles. The van der Waals surface area contributed by atoms with Crippen molar-refractivity contribution in [3.63, 3.8) is 0 Å². The van der Waals surface area contributed by atoms with E-state index in [-0.39, 0.29) is 11.9 Å². The molecule has 2 rings (SSSR count). The Morgan fingerprint density at radius 2 is 2.29 bits per heavy atom. The van der Waals surface area contributed by atoms with Crippen LogP contribution < -0.4 is 10.2 Å². The Kier molecular flexibility index (Phi) is 5.91. The van der Waals surface area contributed by atoms with Gasteiger partial charge in [-0.25, -0.2) is 4.98 Å². The molecule has 1 aromatic heterocycles. The molecule has 0 saturated carbocycles. The van der Waals surface area contributed by atoms with E-state index in [1.54, 1.807) is 18.7 Å². The number of amides is 1. The number of thioether (sulfide) groups is 1. The zero-order valence-corrected chi connectivity index (χ0v) is 13.9. The third kappa shape index (κ3) is 4.37. The minimum atomic E-state index is 0.0613. The van der Waals surface area contributed by atoms with Crippen molar-refractivity contribution in [2.45, 2.75) is 38.5 Å². The Balaban J connectivity index is 2.04. The normalized spacial score (nSPS) is 21.6. The van der Waals surface area contributed by atoms with Gasteiger partial charge in [-0.05, 0) is 30.2 Å². The van der Waals surface area contributed by atoms with E-state index in [4.69, 9.17) is 0 Å². The molecule has 116 valence electrons. The lowest BCUT2D eigenvalue weighted by Gasteiger charge is -2.18. The second-order valence-corrected chi connectivity index (χ2v) is 6.58. The lowest BCUT2D eigenvalue weighted by Crippen LogP contribution is -2.39. The van der Waals surface area contributed by atoms with Crippen molar-refractivity contribution >= 4 is 23.5 Å². The number of aromatic nitrogens is 1. The molecule has 4 nitrogen and oxygen atoms in total. The third-order valence-electron chi connectivity index (χ3n) is 3.93. The molecule has 1 aliphatic rings. The lowest BCUT2D eigenvalue weighted by molar-refractivity contribution is -0.119. The number of carbonyl (C=O) groups excluding carboxylic acids is 1. The van der Waals surface area contributed by atoms with Crippen molar-refractivity contribution in [3.8, 4) is 0 Å². The van der Waals surface area contributed by atoms with E-state index in [9.17, 15) is 4.79 Å². The highest BCUT2D eigenvalue weighted by Gasteiger charge is 2.33. The molecule has 0 unspecified atom stereocenters. The first kappa shape index (κ1) is 16.1. The Bertz CT molecular complexity index is 463. The highest BCUT2D eigenvalue weighted by Crippen LogP contribution is 2.26. The summed E-state index contributed by atoms with van der Waals surface area (Å²) in [6.45, 7) is 5.64. The highest BCUT2D eigenvalue weighted by molar-refractivity contribution is 7.97. The molecule has 0 aromatic carbocycles. The molecule has 0 spiro atoms. The summed E-state index contributed by atoms with van der Waals surface area (Å²) in [6.07, 6.45) is 6.36. The zero-order valence-electron chi connectivity index (χ0n) is 13.1. The minimum Gasteiger partial charge on any atom is -0.354 e. The van der Waals surface area contributed by atoms with E-state index in [1.165, 1.54) is 5.56 Å². The van der Waals surface area contributed by atoms with Gasteiger partial charge in [0, 0.05) is 32.0 Å². The van der Waals surface area contributed by atoms with Crippen molar-refractivity contribution in [2.24, 2.45) is 5.92 Å². The van der Waals surface area contributed by atoms with E-state index >= 15 is 0 Å². The van der Waals surface area contributed by atoms with Crippen molar-refractivity contribution in [1.82, 2.24) is 10.3 Å². The van der Waals surface area contributed by atoms with Gasteiger partial charge in [-0.15, -0.1) is 0 Å². The summed E-state index contributed by atoms with van der Waals surface area (Å²) in [5.74, 6) is 2.60. The topological polar surface area (TPSA) is 45.2 Å². The number of pyridine rings is 1. The van der Waals surface area contributed by atoms with Crippen LogP contribution in [0.3, 0.4) is 0 Å². The smallest absolute Gasteiger partial charge is 0.217 e. The fourth-order valence-corrected chi connectivity index (χ4v) is 3.51. The first-order valence-corrected chi connectivity index (χ1v) is 8.99. The van der Waals surface area contributed by atoms with Crippen molar-refractivity contribution < 1.29 is 4.79 Å². The molecule has 1 aromatic rings. The van der Waals surface area contributed by atoms with Gasteiger partial charge in [0.25, 0.3) is 0 Å². The van der Waals surface area contributed by atoms with Gasteiger partial charge >= 0.3 is 0 Å². The maximum atomic E-state index is 11.4. The quantitative estimate of drug-likeness (QED) is 0.877. The van der Waals surface area contributed by atoms with Gasteiger partial charge in [0.15, 0.2) is 0 Å². The largest absolute Gasteiger partial charge is 0.354 e. The van der Waals surface area contributed by atoms with E-state index < -0.39 is 0 Å². The first-order valence-electron chi connectivity index (χ1n) is 7.60. The molecule has 2 heterocycles. The van der Waals surface area contributed by atoms with E-state index in [2.05, 4.69) is 40.5 Å². The van der Waals surface area contributed by atoms with Gasteiger partial charge in [0.1, 0.15) is 5.82 Å². The summed E-state index contributed by atoms with van der Waals surface area (Å²) < 4.78 is 0. The maximum Gasteiger partial charge on any atom is 0.217 e. The maximum absolute atomic E-state index is 11.4. The van der Waals surface area contributed by atoms with Gasteiger partial charge in [0.2, 0.25) is 5.91 Å². The number of hydrogen-bond donors (Lipinski definition) is 1. The highest BCUT2D eigenvalue weighted by atomic mass is 32.2. The van der Waals surface area contributed by atoms with Crippen LogP contribution in [0.1, 0.15) is 32.3 Å². The summed E-state index contributed by atoms with van der Waals surface area (Å²) in [5.41, 5.74) is 1.26. The van der Waals surface area contributed by atoms with Crippen LogP contribution >= 0.6 is 11.8 Å². The Morgan fingerprint density at radius 1 is 1.48 bits per heavy atom. The Hall–Kier alpha value is -1.23. The third-order valence-corrected chi connectivity index (χ3v) is 4.56. The lowest BCUT2D eigenvalue weighted by atomic mass is 9.98. The molecule has 1 amide bonds. The number of carbonyl (C=O) groups is 1. The van der Waals surface area contributed by atoms with Crippen LogP contribution in [-0.2, 0) is 10.5 Å². The number of nitrogens with one attached hydrogen (secondary N) is 1. The van der Waals surface area contributed by atoms with Crippen molar-refractivity contribution in [1.29, 1.82) is 0 Å². The summed E-state index contributed by atoms with van der Waals surface area (Å²) in [4.78, 5) is 18.2. The fraction of sp³-hybridized carbons (Fsp3) is 0.625. The zero-order chi connectivity index (χ0) is 15.2. The van der Waals surface area contributed by atoms with Crippen LogP contribution in [0.25, 0.3) is 0 Å². The molecule has 1 fully saturated rings. The van der Waals surface area contributed by atoms with Crippen LogP contribution in [-0.4, -0.2) is 36.3 Å². The fourth-order valence-electron chi connectivity index (χ4n) is 3.00. The second-order valence-electron chi connectivity index (χ2n) is 5.72. The molecule has 2 atom stereocenters. The van der Waals surface area contributed by atoms with Gasteiger partial charge < -0.3 is 10.2 Å². The van der Waals surface area contributed by atoms with E-state index in [0.717, 1.165) is 37.5 Å². The van der Waals surface area contributed by atoms with Gasteiger partial charge in [-0.2, -0.15) is 11.8 Å². The number of hydrogen-bond acceptors (Lipinski definition) is 4. The SMILES string of the molecule is CCC[C@@H]1CN(c2ccc(CSC)cn2)C[C@H]1NC(C)=O. The second kappa shape index (κ2) is 7.69. The van der Waals surface area contributed by atoms with Gasteiger partial charge in [0.05, 0.1) is 6.04 Å². The predicted octanol–water partition coefficient (Wildman–Crippen LogP) is 2.69. The number of nitrogens with zero attached hydrogens (tertiary/aromatic N) is 2. The van der Waals surface area contributed by atoms with Crippen LogP contribution in [0.5, 0.6) is 0 Å². The monoisotopic (exact) mass is 307 g/mol. The molecular formula is C16H25N3OS. The average Bonchev–Trinajstić information content (AvgIpc) is 2.83. The molecule has 0 radical (unpaired) electrons. The molecular weight excluding hydrogens is 282 g/mol. The van der Waals surface area contributed by atoms with Crippen LogP contribution in [0.4, 0.5) is 5.82 Å². The standard InChI is InChI=1S/C16H25N3OS/c1-4-5-14-9-19(10-15(14)18-12(2)20)16-7-6-13(8-17-16)11-21-3/h6-8,14-15H,4-5,9-11H2,1-3H3,(H,18,20)/t14-,15-/m1/s1. The molecule has 0 bridgehead atoms. The number of anilines is 1. The number of rotatable bonds is 6. The summed E-state index contributed by atoms with van der Waals surface area (Å²) >= 11 is 1.81. The molecule has 1 saturated heterocycles. The molecule has 21 heavy (non-hydrogen) atoms. The minimum absolute atomic E-state index is 0.0613. The Morgan fingerprint density at radius 3 is 2.86 bits per heavy atom.